The maximum absolute atomic E-state index is 5.71. The van der Waals surface area contributed by atoms with Crippen molar-refractivity contribution in [3.05, 3.63) is 0 Å². The topological polar surface area (TPSA) is 12.5 Å². The van der Waals surface area contributed by atoms with E-state index in [4.69, 9.17) is 4.74 Å². The van der Waals surface area contributed by atoms with Crippen LogP contribution in [0.2, 0.25) is 0 Å². The summed E-state index contributed by atoms with van der Waals surface area (Å²) in [6.45, 7) is 0.961. The summed E-state index contributed by atoms with van der Waals surface area (Å²) < 4.78 is 5.71. The molecular weight excluding hydrogens is 138 g/mol. The van der Waals surface area contributed by atoms with Crippen LogP contribution < -0.4 is 0 Å². The zero-order valence-electron chi connectivity index (χ0n) is 7.42. The molecule has 0 radical (unpaired) electrons. The second-order valence-corrected chi connectivity index (χ2v) is 4.00. The largest absolute Gasteiger partial charge is 0.376 e. The molecule has 2 fully saturated rings. The molecule has 1 saturated heterocycles. The van der Waals surface area contributed by atoms with Gasteiger partial charge in [-0.2, -0.15) is 0 Å². The first kappa shape index (κ1) is 7.56. The normalized spacial score (nSPS) is 43.4. The third kappa shape index (κ3) is 1.18. The third-order valence-corrected chi connectivity index (χ3v) is 3.14. The minimum atomic E-state index is 0.599. The fourth-order valence-corrected chi connectivity index (χ4v) is 2.48. The van der Waals surface area contributed by atoms with Gasteiger partial charge in [-0.3, -0.25) is 0 Å². The number of hydrogen-bond donors (Lipinski definition) is 0. The predicted octanol–water partition coefficient (Wildman–Crippen LogP) is 1.12. The number of nitrogens with zero attached hydrogens (tertiary/aromatic N) is 1. The van der Waals surface area contributed by atoms with Crippen LogP contribution >= 0.6 is 0 Å². The van der Waals surface area contributed by atoms with Crippen molar-refractivity contribution < 1.29 is 4.74 Å². The molecule has 1 unspecified atom stereocenters. The zero-order chi connectivity index (χ0) is 7.84. The van der Waals surface area contributed by atoms with Gasteiger partial charge in [-0.25, -0.2) is 0 Å². The minimum Gasteiger partial charge on any atom is -0.376 e. The van der Waals surface area contributed by atoms with E-state index >= 15 is 0 Å². The van der Waals surface area contributed by atoms with E-state index in [1.807, 2.05) is 0 Å². The molecule has 0 aromatic rings. The van der Waals surface area contributed by atoms with Crippen molar-refractivity contribution in [1.29, 1.82) is 0 Å². The van der Waals surface area contributed by atoms with Crippen LogP contribution in [0.1, 0.15) is 19.3 Å². The van der Waals surface area contributed by atoms with Crippen molar-refractivity contribution in [3.63, 3.8) is 0 Å². The standard InChI is InChI=1S/C9H17NO/c1-10(2)8-6-11-9-5-3-4-7(8)9/h7-9H,3-6H2,1-2H3/t7-,8?,9-/m1/s1. The SMILES string of the molecule is CN(C)C1CO[C@@H]2CCC[C@H]12. The van der Waals surface area contributed by atoms with Gasteiger partial charge in [-0.1, -0.05) is 6.42 Å². The molecule has 0 aromatic heterocycles. The number of hydrogen-bond acceptors (Lipinski definition) is 2. The molecule has 2 rings (SSSR count). The predicted molar refractivity (Wildman–Crippen MR) is 44.6 cm³/mol. The van der Waals surface area contributed by atoms with E-state index in [9.17, 15) is 0 Å². The highest BCUT2D eigenvalue weighted by molar-refractivity contribution is 4.92. The van der Waals surface area contributed by atoms with E-state index in [0.717, 1.165) is 12.5 Å². The first-order valence-electron chi connectivity index (χ1n) is 4.57. The smallest absolute Gasteiger partial charge is 0.0629 e. The fourth-order valence-electron chi connectivity index (χ4n) is 2.48. The van der Waals surface area contributed by atoms with Gasteiger partial charge >= 0.3 is 0 Å². The lowest BCUT2D eigenvalue weighted by Gasteiger charge is -2.22. The first-order valence-corrected chi connectivity index (χ1v) is 4.57. The molecule has 2 heteroatoms. The molecule has 64 valence electrons. The summed E-state index contributed by atoms with van der Waals surface area (Å²) in [5.74, 6) is 0.838. The number of rotatable bonds is 1. The summed E-state index contributed by atoms with van der Waals surface area (Å²) in [7, 11) is 4.32. The Hall–Kier alpha value is -0.0800. The van der Waals surface area contributed by atoms with Crippen molar-refractivity contribution in [3.8, 4) is 0 Å². The Kier molecular flexibility index (Phi) is 1.90. The Balaban J connectivity index is 2.03. The number of ether oxygens (including phenoxy) is 1. The van der Waals surface area contributed by atoms with Gasteiger partial charge < -0.3 is 9.64 Å². The summed E-state index contributed by atoms with van der Waals surface area (Å²) in [5.41, 5.74) is 0. The molecule has 1 aliphatic heterocycles. The van der Waals surface area contributed by atoms with Crippen LogP contribution in [0.3, 0.4) is 0 Å². The molecule has 0 bridgehead atoms. The molecule has 0 N–H and O–H groups in total. The van der Waals surface area contributed by atoms with Gasteiger partial charge in [-0.05, 0) is 26.9 Å². The molecule has 1 saturated carbocycles. The molecule has 3 atom stereocenters. The number of fused-ring (bicyclic) bond motifs is 1. The Bertz CT molecular complexity index is 146. The average Bonchev–Trinajstić information content (AvgIpc) is 2.41. The summed E-state index contributed by atoms with van der Waals surface area (Å²) >= 11 is 0. The molecule has 2 aliphatic rings. The highest BCUT2D eigenvalue weighted by Gasteiger charge is 2.40. The molecule has 11 heavy (non-hydrogen) atoms. The Morgan fingerprint density at radius 3 is 2.82 bits per heavy atom. The van der Waals surface area contributed by atoms with Crippen molar-refractivity contribution >= 4 is 0 Å². The zero-order valence-corrected chi connectivity index (χ0v) is 7.42. The minimum absolute atomic E-state index is 0.599. The Labute approximate surface area is 68.5 Å². The molecular formula is C9H17NO. The van der Waals surface area contributed by atoms with Gasteiger partial charge in [0, 0.05) is 12.0 Å². The van der Waals surface area contributed by atoms with Crippen LogP contribution in [0.15, 0.2) is 0 Å². The van der Waals surface area contributed by atoms with E-state index in [1.54, 1.807) is 0 Å². The monoisotopic (exact) mass is 155 g/mol. The van der Waals surface area contributed by atoms with Crippen molar-refractivity contribution in [2.75, 3.05) is 20.7 Å². The van der Waals surface area contributed by atoms with Crippen LogP contribution in [0, 0.1) is 5.92 Å². The number of likely N-dealkylation sites (N-methyl/N-ethyl adjacent to an activating group) is 1. The third-order valence-electron chi connectivity index (χ3n) is 3.14. The molecule has 1 aliphatic carbocycles. The van der Waals surface area contributed by atoms with Crippen LogP contribution in [0.4, 0.5) is 0 Å². The fraction of sp³-hybridized carbons (Fsp3) is 1.00. The summed E-state index contributed by atoms with van der Waals surface area (Å²) in [6.07, 6.45) is 4.66. The van der Waals surface area contributed by atoms with E-state index in [-0.39, 0.29) is 0 Å². The van der Waals surface area contributed by atoms with Gasteiger partial charge in [0.2, 0.25) is 0 Å². The first-order chi connectivity index (χ1) is 5.29. The van der Waals surface area contributed by atoms with Crippen LogP contribution in [0.25, 0.3) is 0 Å². The van der Waals surface area contributed by atoms with E-state index in [0.29, 0.717) is 12.1 Å². The van der Waals surface area contributed by atoms with Crippen molar-refractivity contribution in [2.45, 2.75) is 31.4 Å². The lowest BCUT2D eigenvalue weighted by Crippen LogP contribution is -2.34. The lowest BCUT2D eigenvalue weighted by atomic mass is 9.99. The van der Waals surface area contributed by atoms with Crippen LogP contribution in [-0.4, -0.2) is 37.7 Å². The van der Waals surface area contributed by atoms with Crippen LogP contribution in [0.5, 0.6) is 0 Å². The Morgan fingerprint density at radius 1 is 1.27 bits per heavy atom. The van der Waals surface area contributed by atoms with Crippen LogP contribution in [-0.2, 0) is 4.74 Å². The second kappa shape index (κ2) is 2.76. The van der Waals surface area contributed by atoms with Gasteiger partial charge in [0.1, 0.15) is 0 Å². The molecule has 0 spiro atoms. The molecule has 0 amide bonds. The second-order valence-electron chi connectivity index (χ2n) is 4.00. The van der Waals surface area contributed by atoms with Crippen molar-refractivity contribution in [1.82, 2.24) is 4.90 Å². The highest BCUT2D eigenvalue weighted by Crippen LogP contribution is 2.37. The highest BCUT2D eigenvalue weighted by atomic mass is 16.5. The average molecular weight is 155 g/mol. The summed E-state index contributed by atoms with van der Waals surface area (Å²) in [4.78, 5) is 2.32. The molecule has 2 nitrogen and oxygen atoms in total. The maximum Gasteiger partial charge on any atom is 0.0629 e. The molecule has 0 aromatic carbocycles. The Morgan fingerprint density at radius 2 is 2.09 bits per heavy atom. The molecule has 1 heterocycles. The van der Waals surface area contributed by atoms with E-state index in [2.05, 4.69) is 19.0 Å². The lowest BCUT2D eigenvalue weighted by molar-refractivity contribution is 0.0982. The summed E-state index contributed by atoms with van der Waals surface area (Å²) in [5, 5.41) is 0. The summed E-state index contributed by atoms with van der Waals surface area (Å²) in [6, 6.07) is 0.697. The van der Waals surface area contributed by atoms with Gasteiger partial charge in [0.25, 0.3) is 0 Å². The quantitative estimate of drug-likeness (QED) is 0.562. The van der Waals surface area contributed by atoms with Crippen molar-refractivity contribution in [2.24, 2.45) is 5.92 Å². The van der Waals surface area contributed by atoms with Gasteiger partial charge in [-0.15, -0.1) is 0 Å². The maximum atomic E-state index is 5.71. The van der Waals surface area contributed by atoms with E-state index < -0.39 is 0 Å². The van der Waals surface area contributed by atoms with Gasteiger partial charge in [0.05, 0.1) is 12.7 Å². The van der Waals surface area contributed by atoms with Gasteiger partial charge in [0.15, 0.2) is 0 Å². The van der Waals surface area contributed by atoms with E-state index in [1.165, 1.54) is 19.3 Å².